The second-order valence-corrected chi connectivity index (χ2v) is 7.71. The Morgan fingerprint density at radius 2 is 2.00 bits per heavy atom. The number of fused-ring (bicyclic) bond motifs is 1. The summed E-state index contributed by atoms with van der Waals surface area (Å²) in [5.74, 6) is -3.02. The predicted molar refractivity (Wildman–Crippen MR) is 93.8 cm³/mol. The van der Waals surface area contributed by atoms with Crippen LogP contribution in [0.5, 0.6) is 5.75 Å². The maximum Gasteiger partial charge on any atom is 0.344 e. The van der Waals surface area contributed by atoms with E-state index >= 15 is 0 Å². The van der Waals surface area contributed by atoms with Gasteiger partial charge in [-0.3, -0.25) is 19.7 Å². The molecule has 1 unspecified atom stereocenters. The van der Waals surface area contributed by atoms with E-state index < -0.39 is 41.9 Å². The molecule has 0 spiro atoms. The molecule has 9 heteroatoms. The molecular weight excluding hydrogens is 371 g/mol. The van der Waals surface area contributed by atoms with E-state index in [1.54, 1.807) is 20.8 Å². The van der Waals surface area contributed by atoms with Gasteiger partial charge in [0.05, 0.1) is 0 Å². The van der Waals surface area contributed by atoms with E-state index in [4.69, 9.17) is 9.47 Å². The van der Waals surface area contributed by atoms with Gasteiger partial charge in [-0.1, -0.05) is 0 Å². The highest BCUT2D eigenvalue weighted by Crippen LogP contribution is 2.32. The van der Waals surface area contributed by atoms with Crippen LogP contribution < -0.4 is 10.1 Å². The van der Waals surface area contributed by atoms with Crippen LogP contribution in [0.3, 0.4) is 0 Å². The molecule has 1 aromatic carbocycles. The van der Waals surface area contributed by atoms with Crippen LogP contribution in [0.2, 0.25) is 0 Å². The van der Waals surface area contributed by atoms with Crippen LogP contribution >= 0.6 is 0 Å². The molecule has 1 N–H and O–H groups in total. The zero-order valence-corrected chi connectivity index (χ0v) is 15.8. The van der Waals surface area contributed by atoms with Crippen molar-refractivity contribution in [3.05, 3.63) is 29.1 Å². The average Bonchev–Trinajstić information content (AvgIpc) is 2.87. The fourth-order valence-corrected chi connectivity index (χ4v) is 3.18. The summed E-state index contributed by atoms with van der Waals surface area (Å²) in [5, 5.41) is 2.21. The van der Waals surface area contributed by atoms with Crippen molar-refractivity contribution < 1.29 is 33.0 Å². The van der Waals surface area contributed by atoms with Crippen molar-refractivity contribution in [2.24, 2.45) is 0 Å². The zero-order valence-electron chi connectivity index (χ0n) is 15.8. The van der Waals surface area contributed by atoms with Gasteiger partial charge in [0.15, 0.2) is 18.2 Å². The summed E-state index contributed by atoms with van der Waals surface area (Å²) in [6.45, 7) is 4.73. The number of halogens is 1. The molecule has 28 heavy (non-hydrogen) atoms. The van der Waals surface area contributed by atoms with Crippen molar-refractivity contribution in [2.45, 2.75) is 51.8 Å². The monoisotopic (exact) mass is 392 g/mol. The average molecular weight is 392 g/mol. The first-order valence-corrected chi connectivity index (χ1v) is 8.87. The molecule has 2 heterocycles. The minimum absolute atomic E-state index is 0.0868. The van der Waals surface area contributed by atoms with Gasteiger partial charge in [0, 0.05) is 18.5 Å². The van der Waals surface area contributed by atoms with Gasteiger partial charge in [-0.05, 0) is 44.9 Å². The molecule has 0 saturated carbocycles. The van der Waals surface area contributed by atoms with Gasteiger partial charge in [-0.25, -0.2) is 9.18 Å². The highest BCUT2D eigenvalue weighted by Gasteiger charge is 2.39. The van der Waals surface area contributed by atoms with Crippen molar-refractivity contribution in [1.82, 2.24) is 10.2 Å². The van der Waals surface area contributed by atoms with Crippen LogP contribution in [0.1, 0.15) is 49.5 Å². The van der Waals surface area contributed by atoms with Crippen LogP contribution in [-0.4, -0.2) is 46.8 Å². The van der Waals surface area contributed by atoms with Gasteiger partial charge in [0.2, 0.25) is 11.8 Å². The predicted octanol–water partition coefficient (Wildman–Crippen LogP) is 1.31. The number of amides is 3. The molecule has 0 aromatic heterocycles. The molecule has 2 aliphatic heterocycles. The third kappa shape index (κ3) is 4.13. The lowest BCUT2D eigenvalue weighted by molar-refractivity contribution is -0.157. The molecule has 3 amide bonds. The second-order valence-electron chi connectivity index (χ2n) is 7.71. The smallest absolute Gasteiger partial charge is 0.344 e. The first kappa shape index (κ1) is 19.8. The molecular formula is C19H21FN2O6. The Bertz CT molecular complexity index is 861. The lowest BCUT2D eigenvalue weighted by Gasteiger charge is -2.29. The Balaban J connectivity index is 1.72. The number of rotatable bonds is 4. The molecule has 150 valence electrons. The van der Waals surface area contributed by atoms with Gasteiger partial charge in [0.1, 0.15) is 11.6 Å². The number of carbonyl (C=O) groups excluding carboxylic acids is 4. The van der Waals surface area contributed by atoms with Crippen LogP contribution in [0.25, 0.3) is 0 Å². The topological polar surface area (TPSA) is 102 Å². The van der Waals surface area contributed by atoms with E-state index in [2.05, 4.69) is 5.32 Å². The lowest BCUT2D eigenvalue weighted by atomic mass is 10.0. The Morgan fingerprint density at radius 3 is 2.64 bits per heavy atom. The van der Waals surface area contributed by atoms with Crippen molar-refractivity contribution in [3.8, 4) is 5.75 Å². The van der Waals surface area contributed by atoms with E-state index in [1.807, 2.05) is 0 Å². The fraction of sp³-hybridized carbons (Fsp3) is 0.474. The number of imide groups is 1. The number of esters is 1. The second kappa shape index (κ2) is 7.21. The molecule has 0 radical (unpaired) electrons. The van der Waals surface area contributed by atoms with Gasteiger partial charge in [-0.2, -0.15) is 0 Å². The third-order valence-electron chi connectivity index (χ3n) is 4.34. The van der Waals surface area contributed by atoms with Gasteiger partial charge in [-0.15, -0.1) is 0 Å². The summed E-state index contributed by atoms with van der Waals surface area (Å²) >= 11 is 0. The first-order chi connectivity index (χ1) is 13.0. The molecule has 1 fully saturated rings. The third-order valence-corrected chi connectivity index (χ3v) is 4.34. The normalized spacial score (nSPS) is 19.4. The largest absolute Gasteiger partial charge is 0.479 e. The molecule has 1 aromatic rings. The number of hydrogen-bond acceptors (Lipinski definition) is 6. The summed E-state index contributed by atoms with van der Waals surface area (Å²) in [6.07, 6.45) is 0.351. The zero-order chi connectivity index (χ0) is 20.6. The summed E-state index contributed by atoms with van der Waals surface area (Å²) in [6, 6.07) is 1.60. The number of ether oxygens (including phenoxy) is 2. The Labute approximate surface area is 161 Å². The maximum absolute atomic E-state index is 14.3. The quantitative estimate of drug-likeness (QED) is 0.612. The summed E-state index contributed by atoms with van der Waals surface area (Å²) in [5.41, 5.74) is -0.0756. The van der Waals surface area contributed by atoms with E-state index in [9.17, 15) is 23.6 Å². The molecule has 2 aliphatic rings. The van der Waals surface area contributed by atoms with Crippen LogP contribution in [-0.2, 0) is 25.7 Å². The fourth-order valence-electron chi connectivity index (χ4n) is 3.18. The molecule has 1 saturated heterocycles. The van der Waals surface area contributed by atoms with Gasteiger partial charge in [0.25, 0.3) is 5.91 Å². The van der Waals surface area contributed by atoms with E-state index in [0.29, 0.717) is 5.56 Å². The minimum atomic E-state index is -0.791. The SMILES string of the molecule is CC(C)(C)OC(=O)COc1cc2c(cc1F)C(=O)N(C1CCC(=O)NC1=O)C2. The van der Waals surface area contributed by atoms with Gasteiger partial charge >= 0.3 is 5.97 Å². The highest BCUT2D eigenvalue weighted by atomic mass is 19.1. The van der Waals surface area contributed by atoms with Crippen molar-refractivity contribution >= 4 is 23.7 Å². The van der Waals surface area contributed by atoms with Gasteiger partial charge < -0.3 is 14.4 Å². The lowest BCUT2D eigenvalue weighted by Crippen LogP contribution is -2.52. The van der Waals surface area contributed by atoms with Crippen LogP contribution in [0, 0.1) is 5.82 Å². The van der Waals surface area contributed by atoms with Crippen LogP contribution in [0.4, 0.5) is 4.39 Å². The molecule has 0 bridgehead atoms. The molecule has 8 nitrogen and oxygen atoms in total. The molecule has 1 atom stereocenters. The summed E-state index contributed by atoms with van der Waals surface area (Å²) in [7, 11) is 0. The Kier molecular flexibility index (Phi) is 5.10. The number of piperidine rings is 1. The first-order valence-electron chi connectivity index (χ1n) is 8.87. The summed E-state index contributed by atoms with van der Waals surface area (Å²) in [4.78, 5) is 49.0. The van der Waals surface area contributed by atoms with Crippen molar-refractivity contribution in [3.63, 3.8) is 0 Å². The summed E-state index contributed by atoms with van der Waals surface area (Å²) < 4.78 is 24.7. The number of carbonyl (C=O) groups is 4. The Hall–Kier alpha value is -2.97. The number of hydrogen-bond donors (Lipinski definition) is 1. The number of nitrogens with zero attached hydrogens (tertiary/aromatic N) is 1. The minimum Gasteiger partial charge on any atom is -0.479 e. The highest BCUT2D eigenvalue weighted by molar-refractivity contribution is 6.05. The number of nitrogens with one attached hydrogen (secondary N) is 1. The Morgan fingerprint density at radius 1 is 1.29 bits per heavy atom. The van der Waals surface area contributed by atoms with Crippen LogP contribution in [0.15, 0.2) is 12.1 Å². The number of benzene rings is 1. The maximum atomic E-state index is 14.3. The van der Waals surface area contributed by atoms with E-state index in [0.717, 1.165) is 6.07 Å². The molecule has 3 rings (SSSR count). The van der Waals surface area contributed by atoms with E-state index in [1.165, 1.54) is 11.0 Å². The standard InChI is InChI=1S/C19H21FN2O6/c1-19(2,3)28-16(24)9-27-14-6-10-8-22(18(26)11(10)7-12(14)20)13-4-5-15(23)21-17(13)25/h6-7,13H,4-5,8-9H2,1-3H3,(H,21,23,25). The van der Waals surface area contributed by atoms with E-state index in [-0.39, 0.29) is 36.6 Å². The van der Waals surface area contributed by atoms with Crippen molar-refractivity contribution in [2.75, 3.05) is 6.61 Å². The van der Waals surface area contributed by atoms with Crippen molar-refractivity contribution in [1.29, 1.82) is 0 Å². The molecule has 0 aliphatic carbocycles.